The fourth-order valence-electron chi connectivity index (χ4n) is 2.97. The van der Waals surface area contributed by atoms with Gasteiger partial charge in [0.15, 0.2) is 22.8 Å². The van der Waals surface area contributed by atoms with Gasteiger partial charge in [0.2, 0.25) is 0 Å². The molecular weight excluding hydrogens is 387 g/mol. The van der Waals surface area contributed by atoms with Crippen molar-refractivity contribution < 1.29 is 22.4 Å². The molecule has 1 aromatic carbocycles. The fraction of sp³-hybridized carbons (Fsp3) is 0.263. The number of nitrogens with one attached hydrogen (secondary N) is 1. The van der Waals surface area contributed by atoms with Crippen molar-refractivity contribution in [2.24, 2.45) is 0 Å². The van der Waals surface area contributed by atoms with E-state index in [1.165, 1.54) is 10.7 Å². The molecule has 1 amide bonds. The summed E-state index contributed by atoms with van der Waals surface area (Å²) in [7, 11) is 0. The Morgan fingerprint density at radius 2 is 2.00 bits per heavy atom. The van der Waals surface area contributed by atoms with E-state index in [1.807, 2.05) is 5.32 Å². The molecule has 0 radical (unpaired) electrons. The minimum absolute atomic E-state index is 0.0839. The minimum atomic E-state index is -4.55. The number of carbonyl (C=O) groups excluding carboxylic acids is 1. The standard InChI is InChI=1S/C19H16F3N5O2/c1-9-6-13(12-4-5-16-14(7-12)25-11(3)29-16)26-27-15(8-23-17(9)27)18(28)24-10(2)19(20,21)22/h4-8,10H,1-3H3,(H,24,28). The average Bonchev–Trinajstić information content (AvgIpc) is 3.22. The number of imidazole rings is 1. The number of aromatic nitrogens is 4. The van der Waals surface area contributed by atoms with Crippen LogP contribution in [0.15, 0.2) is 34.9 Å². The highest BCUT2D eigenvalue weighted by Crippen LogP contribution is 2.25. The zero-order chi connectivity index (χ0) is 20.9. The van der Waals surface area contributed by atoms with Gasteiger partial charge in [0, 0.05) is 12.5 Å². The van der Waals surface area contributed by atoms with Gasteiger partial charge in [-0.2, -0.15) is 18.3 Å². The molecule has 0 bridgehead atoms. The van der Waals surface area contributed by atoms with Gasteiger partial charge in [-0.05, 0) is 43.7 Å². The molecule has 0 aliphatic rings. The van der Waals surface area contributed by atoms with E-state index in [0.717, 1.165) is 12.5 Å². The Balaban J connectivity index is 1.77. The third-order valence-corrected chi connectivity index (χ3v) is 4.51. The van der Waals surface area contributed by atoms with E-state index in [0.29, 0.717) is 33.9 Å². The number of fused-ring (bicyclic) bond motifs is 2. The maximum Gasteiger partial charge on any atom is 0.408 e. The average molecular weight is 403 g/mol. The van der Waals surface area contributed by atoms with Crippen LogP contribution in [0.1, 0.15) is 28.9 Å². The number of rotatable bonds is 3. The maximum absolute atomic E-state index is 12.8. The number of hydrogen-bond acceptors (Lipinski definition) is 5. The van der Waals surface area contributed by atoms with Crippen molar-refractivity contribution in [3.63, 3.8) is 0 Å². The molecule has 150 valence electrons. The van der Waals surface area contributed by atoms with Gasteiger partial charge in [0.25, 0.3) is 5.91 Å². The summed E-state index contributed by atoms with van der Waals surface area (Å²) in [5.74, 6) is -0.377. The van der Waals surface area contributed by atoms with E-state index in [1.54, 1.807) is 38.1 Å². The minimum Gasteiger partial charge on any atom is -0.441 e. The highest BCUT2D eigenvalue weighted by Gasteiger charge is 2.37. The van der Waals surface area contributed by atoms with Crippen molar-refractivity contribution in [1.82, 2.24) is 24.9 Å². The second-order valence-electron chi connectivity index (χ2n) is 6.74. The third kappa shape index (κ3) is 3.41. The molecule has 3 heterocycles. The van der Waals surface area contributed by atoms with Crippen molar-refractivity contribution in [1.29, 1.82) is 0 Å². The largest absolute Gasteiger partial charge is 0.441 e. The van der Waals surface area contributed by atoms with Crippen molar-refractivity contribution in [2.75, 3.05) is 0 Å². The molecule has 3 aromatic heterocycles. The molecule has 0 saturated carbocycles. The molecular formula is C19H16F3N5O2. The summed E-state index contributed by atoms with van der Waals surface area (Å²) in [5, 5.41) is 6.36. The van der Waals surface area contributed by atoms with Crippen LogP contribution >= 0.6 is 0 Å². The first-order chi connectivity index (χ1) is 13.6. The van der Waals surface area contributed by atoms with E-state index in [4.69, 9.17) is 4.42 Å². The molecule has 4 aromatic rings. The molecule has 0 aliphatic heterocycles. The lowest BCUT2D eigenvalue weighted by atomic mass is 10.1. The Labute approximate surface area is 162 Å². The van der Waals surface area contributed by atoms with Crippen molar-refractivity contribution in [3.05, 3.63) is 47.6 Å². The number of hydrogen-bond donors (Lipinski definition) is 1. The van der Waals surface area contributed by atoms with Gasteiger partial charge in [-0.3, -0.25) is 4.79 Å². The van der Waals surface area contributed by atoms with Gasteiger partial charge in [0.05, 0.1) is 11.9 Å². The third-order valence-electron chi connectivity index (χ3n) is 4.51. The number of carbonyl (C=O) groups is 1. The van der Waals surface area contributed by atoms with Crippen molar-refractivity contribution >= 4 is 22.7 Å². The maximum atomic E-state index is 12.8. The van der Waals surface area contributed by atoms with Gasteiger partial charge in [-0.15, -0.1) is 0 Å². The molecule has 0 spiro atoms. The van der Waals surface area contributed by atoms with Crippen molar-refractivity contribution in [2.45, 2.75) is 33.0 Å². The normalized spacial score (nSPS) is 13.2. The molecule has 1 atom stereocenters. The highest BCUT2D eigenvalue weighted by atomic mass is 19.4. The molecule has 1 unspecified atom stereocenters. The number of aryl methyl sites for hydroxylation is 2. The van der Waals surface area contributed by atoms with Gasteiger partial charge < -0.3 is 9.73 Å². The zero-order valence-electron chi connectivity index (χ0n) is 15.7. The number of alkyl halides is 3. The zero-order valence-corrected chi connectivity index (χ0v) is 15.7. The summed E-state index contributed by atoms with van der Waals surface area (Å²) < 4.78 is 45.0. The van der Waals surface area contributed by atoms with Gasteiger partial charge in [0.1, 0.15) is 11.6 Å². The van der Waals surface area contributed by atoms with E-state index < -0.39 is 18.1 Å². The molecule has 4 rings (SSSR count). The Morgan fingerprint density at radius 1 is 1.24 bits per heavy atom. The van der Waals surface area contributed by atoms with Gasteiger partial charge >= 0.3 is 6.18 Å². The molecule has 0 aliphatic carbocycles. The van der Waals surface area contributed by atoms with Crippen LogP contribution in [-0.2, 0) is 0 Å². The van der Waals surface area contributed by atoms with Crippen LogP contribution in [0, 0.1) is 13.8 Å². The topological polar surface area (TPSA) is 85.3 Å². The van der Waals surface area contributed by atoms with Crippen LogP contribution in [0.5, 0.6) is 0 Å². The molecule has 0 fully saturated rings. The van der Waals surface area contributed by atoms with Crippen LogP contribution in [0.4, 0.5) is 13.2 Å². The van der Waals surface area contributed by atoms with Crippen LogP contribution in [0.25, 0.3) is 28.0 Å². The SMILES string of the molecule is Cc1nc2cc(-c3cc(C)c4ncc(C(=O)NC(C)C(F)(F)F)n4n3)ccc2o1. The van der Waals surface area contributed by atoms with E-state index >= 15 is 0 Å². The summed E-state index contributed by atoms with van der Waals surface area (Å²) in [6.07, 6.45) is -3.34. The molecule has 7 nitrogen and oxygen atoms in total. The Kier molecular flexibility index (Phi) is 4.29. The van der Waals surface area contributed by atoms with Crippen LogP contribution in [0.2, 0.25) is 0 Å². The molecule has 29 heavy (non-hydrogen) atoms. The summed E-state index contributed by atoms with van der Waals surface area (Å²) >= 11 is 0. The van der Waals surface area contributed by atoms with E-state index in [-0.39, 0.29) is 5.69 Å². The summed E-state index contributed by atoms with van der Waals surface area (Å²) in [5.41, 5.74) is 3.55. The summed E-state index contributed by atoms with van der Waals surface area (Å²) in [6.45, 7) is 4.40. The molecule has 10 heteroatoms. The van der Waals surface area contributed by atoms with E-state index in [9.17, 15) is 18.0 Å². The fourth-order valence-corrected chi connectivity index (χ4v) is 2.97. The van der Waals surface area contributed by atoms with Crippen molar-refractivity contribution in [3.8, 4) is 11.3 Å². The lowest BCUT2D eigenvalue weighted by Crippen LogP contribution is -2.43. The first-order valence-electron chi connectivity index (χ1n) is 8.74. The van der Waals surface area contributed by atoms with Crippen LogP contribution in [0.3, 0.4) is 0 Å². The Hall–Kier alpha value is -3.43. The number of benzene rings is 1. The highest BCUT2D eigenvalue weighted by molar-refractivity contribution is 5.93. The first-order valence-corrected chi connectivity index (χ1v) is 8.74. The summed E-state index contributed by atoms with van der Waals surface area (Å²) in [6, 6.07) is 5.14. The first kappa shape index (κ1) is 18.9. The number of nitrogens with zero attached hydrogens (tertiary/aromatic N) is 4. The number of oxazole rings is 1. The lowest BCUT2D eigenvalue weighted by molar-refractivity contribution is -0.149. The Morgan fingerprint density at radius 3 is 2.72 bits per heavy atom. The molecule has 1 N–H and O–H groups in total. The van der Waals surface area contributed by atoms with Gasteiger partial charge in [-0.25, -0.2) is 14.5 Å². The molecule has 0 saturated heterocycles. The smallest absolute Gasteiger partial charge is 0.408 e. The quantitative estimate of drug-likeness (QED) is 0.562. The predicted octanol–water partition coefficient (Wildman–Crippen LogP) is 3.83. The monoisotopic (exact) mass is 403 g/mol. The second-order valence-corrected chi connectivity index (χ2v) is 6.74. The van der Waals surface area contributed by atoms with Gasteiger partial charge in [-0.1, -0.05) is 0 Å². The lowest BCUT2D eigenvalue weighted by Gasteiger charge is -2.16. The van der Waals surface area contributed by atoms with Crippen LogP contribution in [-0.4, -0.2) is 37.7 Å². The number of amides is 1. The second kappa shape index (κ2) is 6.57. The summed E-state index contributed by atoms with van der Waals surface area (Å²) in [4.78, 5) is 20.8. The predicted molar refractivity (Wildman–Crippen MR) is 98.4 cm³/mol. The Bertz CT molecular complexity index is 1240. The van der Waals surface area contributed by atoms with E-state index in [2.05, 4.69) is 15.1 Å². The number of halogens is 3. The van der Waals surface area contributed by atoms with Crippen LogP contribution < -0.4 is 5.32 Å².